The average Bonchev–Trinajstić information content (AvgIpc) is 2.60. The van der Waals surface area contributed by atoms with Crippen LogP contribution in [0.4, 0.5) is 0 Å². The molecule has 8 heteroatoms. The molecule has 0 spiro atoms. The summed E-state index contributed by atoms with van der Waals surface area (Å²) in [5.41, 5.74) is -1.14. The van der Waals surface area contributed by atoms with E-state index in [0.29, 0.717) is 0 Å². The van der Waals surface area contributed by atoms with Crippen LogP contribution >= 0.6 is 0 Å². The Balaban J connectivity index is 2.76. The van der Waals surface area contributed by atoms with Crippen molar-refractivity contribution in [3.8, 4) is 11.1 Å². The molecule has 0 aliphatic heterocycles. The molecule has 0 bridgehead atoms. The van der Waals surface area contributed by atoms with Gasteiger partial charge in [-0.15, -0.1) is 0 Å². The van der Waals surface area contributed by atoms with E-state index in [-0.39, 0.29) is 28.9 Å². The van der Waals surface area contributed by atoms with Crippen molar-refractivity contribution < 1.29 is 39.2 Å². The third-order valence-electron chi connectivity index (χ3n) is 3.57. The van der Waals surface area contributed by atoms with Gasteiger partial charge in [0, 0.05) is 0 Å². The molecule has 0 unspecified atom stereocenters. The fourth-order valence-corrected chi connectivity index (χ4v) is 2.47. The third-order valence-corrected chi connectivity index (χ3v) is 3.57. The molecule has 0 aromatic heterocycles. The van der Waals surface area contributed by atoms with E-state index in [9.17, 15) is 29.4 Å². The summed E-state index contributed by atoms with van der Waals surface area (Å²) in [4.78, 5) is 46.2. The zero-order valence-electron chi connectivity index (χ0n) is 13.6. The number of ether oxygens (including phenoxy) is 1. The number of aromatic carboxylic acids is 3. The van der Waals surface area contributed by atoms with Crippen molar-refractivity contribution in [3.63, 3.8) is 0 Å². The van der Waals surface area contributed by atoms with Crippen molar-refractivity contribution in [3.05, 3.63) is 58.7 Å². The van der Waals surface area contributed by atoms with Gasteiger partial charge in [0.1, 0.15) is 0 Å². The second kappa shape index (κ2) is 7.47. The maximum atomic E-state index is 12.3. The quantitative estimate of drug-likeness (QED) is 0.670. The van der Waals surface area contributed by atoms with Crippen molar-refractivity contribution in [2.75, 3.05) is 6.61 Å². The van der Waals surface area contributed by atoms with Crippen LogP contribution in [0.5, 0.6) is 0 Å². The summed E-state index contributed by atoms with van der Waals surface area (Å²) in [6.07, 6.45) is 0. The standard InChI is InChI=1S/C18H14O8/c1-2-26-18(25)14-10(4-3-5-12(14)16(21)22)9-6-7-11(15(19)20)13(8-9)17(23)24/h3-8H,2H2,1H3,(H,19,20)(H,21,22)(H,23,24). The SMILES string of the molecule is CCOC(=O)c1c(C(=O)O)cccc1-c1ccc(C(=O)O)c(C(=O)O)c1. The van der Waals surface area contributed by atoms with Gasteiger partial charge in [-0.05, 0) is 36.2 Å². The van der Waals surface area contributed by atoms with Crippen LogP contribution < -0.4 is 0 Å². The Kier molecular flexibility index (Phi) is 5.36. The molecule has 0 radical (unpaired) electrons. The normalized spacial score (nSPS) is 10.2. The molecule has 0 aliphatic rings. The van der Waals surface area contributed by atoms with Crippen LogP contribution in [0.3, 0.4) is 0 Å². The largest absolute Gasteiger partial charge is 0.478 e. The van der Waals surface area contributed by atoms with Gasteiger partial charge in [0.25, 0.3) is 0 Å². The molecule has 2 aromatic carbocycles. The van der Waals surface area contributed by atoms with Gasteiger partial charge in [-0.3, -0.25) is 0 Å². The number of carbonyl (C=O) groups is 4. The average molecular weight is 358 g/mol. The lowest BCUT2D eigenvalue weighted by molar-refractivity contribution is 0.0515. The summed E-state index contributed by atoms with van der Waals surface area (Å²) >= 11 is 0. The predicted octanol–water partition coefficient (Wildman–Crippen LogP) is 2.62. The molecule has 26 heavy (non-hydrogen) atoms. The first-order valence-corrected chi connectivity index (χ1v) is 7.42. The Hall–Kier alpha value is -3.68. The van der Waals surface area contributed by atoms with E-state index in [1.165, 1.54) is 24.3 Å². The molecule has 0 atom stereocenters. The number of rotatable bonds is 6. The molecule has 0 amide bonds. The van der Waals surface area contributed by atoms with Crippen LogP contribution in [0.2, 0.25) is 0 Å². The fourth-order valence-electron chi connectivity index (χ4n) is 2.47. The van der Waals surface area contributed by atoms with Gasteiger partial charge in [0.15, 0.2) is 0 Å². The minimum Gasteiger partial charge on any atom is -0.478 e. The Labute approximate surface area is 147 Å². The summed E-state index contributed by atoms with van der Waals surface area (Å²) in [6.45, 7) is 1.58. The number of carbonyl (C=O) groups excluding carboxylic acids is 1. The number of benzene rings is 2. The Morgan fingerprint density at radius 3 is 2.00 bits per heavy atom. The Bertz CT molecular complexity index is 913. The molecule has 134 valence electrons. The van der Waals surface area contributed by atoms with Gasteiger partial charge in [-0.2, -0.15) is 0 Å². The minimum atomic E-state index is -1.46. The van der Waals surface area contributed by atoms with E-state index in [1.54, 1.807) is 6.92 Å². The maximum Gasteiger partial charge on any atom is 0.339 e. The highest BCUT2D eigenvalue weighted by Gasteiger charge is 2.24. The first-order valence-electron chi connectivity index (χ1n) is 7.42. The molecule has 0 heterocycles. The fraction of sp³-hybridized carbons (Fsp3) is 0.111. The van der Waals surface area contributed by atoms with E-state index >= 15 is 0 Å². The first kappa shape index (κ1) is 18.7. The summed E-state index contributed by atoms with van der Waals surface area (Å²) in [5.74, 6) is -5.11. The lowest BCUT2D eigenvalue weighted by atomic mass is 9.93. The number of hydrogen-bond acceptors (Lipinski definition) is 5. The van der Waals surface area contributed by atoms with E-state index in [1.807, 2.05) is 0 Å². The number of esters is 1. The maximum absolute atomic E-state index is 12.3. The summed E-state index contributed by atoms with van der Waals surface area (Å²) in [7, 11) is 0. The van der Waals surface area contributed by atoms with Crippen molar-refractivity contribution >= 4 is 23.9 Å². The smallest absolute Gasteiger partial charge is 0.339 e. The molecular formula is C18H14O8. The molecule has 2 aromatic rings. The highest BCUT2D eigenvalue weighted by molar-refractivity contribution is 6.08. The molecular weight excluding hydrogens is 344 g/mol. The van der Waals surface area contributed by atoms with Crippen LogP contribution in [-0.4, -0.2) is 45.8 Å². The Morgan fingerprint density at radius 2 is 1.46 bits per heavy atom. The Morgan fingerprint density at radius 1 is 0.846 bits per heavy atom. The van der Waals surface area contributed by atoms with Crippen molar-refractivity contribution in [2.24, 2.45) is 0 Å². The zero-order valence-corrected chi connectivity index (χ0v) is 13.6. The van der Waals surface area contributed by atoms with Crippen LogP contribution in [0, 0.1) is 0 Å². The number of carboxylic acids is 3. The predicted molar refractivity (Wildman–Crippen MR) is 88.7 cm³/mol. The van der Waals surface area contributed by atoms with Gasteiger partial charge in [0.2, 0.25) is 0 Å². The molecule has 0 saturated heterocycles. The zero-order chi connectivity index (χ0) is 19.4. The van der Waals surface area contributed by atoms with Crippen molar-refractivity contribution in [2.45, 2.75) is 6.92 Å². The monoisotopic (exact) mass is 358 g/mol. The summed E-state index contributed by atoms with van der Waals surface area (Å²) in [6, 6.07) is 7.52. The minimum absolute atomic E-state index is 0.0184. The molecule has 8 nitrogen and oxygen atoms in total. The molecule has 3 N–H and O–H groups in total. The molecule has 2 rings (SSSR count). The van der Waals surface area contributed by atoms with Gasteiger partial charge >= 0.3 is 23.9 Å². The van der Waals surface area contributed by atoms with Gasteiger partial charge in [-0.25, -0.2) is 19.2 Å². The molecule has 0 fully saturated rings. The van der Waals surface area contributed by atoms with E-state index < -0.39 is 35.0 Å². The van der Waals surface area contributed by atoms with Crippen LogP contribution in [0.25, 0.3) is 11.1 Å². The third kappa shape index (κ3) is 3.54. The summed E-state index contributed by atoms with van der Waals surface area (Å²) in [5, 5.41) is 27.7. The topological polar surface area (TPSA) is 138 Å². The molecule has 0 aliphatic carbocycles. The highest BCUT2D eigenvalue weighted by Crippen LogP contribution is 2.29. The van der Waals surface area contributed by atoms with Crippen LogP contribution in [0.1, 0.15) is 48.4 Å². The first-order chi connectivity index (χ1) is 12.3. The van der Waals surface area contributed by atoms with Gasteiger partial charge in [0.05, 0.1) is 28.9 Å². The lowest BCUT2D eigenvalue weighted by Crippen LogP contribution is -2.14. The van der Waals surface area contributed by atoms with Crippen LogP contribution in [0.15, 0.2) is 36.4 Å². The van der Waals surface area contributed by atoms with E-state index in [2.05, 4.69) is 0 Å². The second-order valence-electron chi connectivity index (χ2n) is 5.12. The number of carboxylic acid groups (broad SMARTS) is 3. The number of hydrogen-bond donors (Lipinski definition) is 3. The van der Waals surface area contributed by atoms with Gasteiger partial charge < -0.3 is 20.1 Å². The van der Waals surface area contributed by atoms with Crippen molar-refractivity contribution in [1.82, 2.24) is 0 Å². The van der Waals surface area contributed by atoms with Gasteiger partial charge in [-0.1, -0.05) is 18.2 Å². The highest BCUT2D eigenvalue weighted by atomic mass is 16.5. The van der Waals surface area contributed by atoms with Crippen LogP contribution in [-0.2, 0) is 4.74 Å². The summed E-state index contributed by atoms with van der Waals surface area (Å²) < 4.78 is 4.91. The van der Waals surface area contributed by atoms with E-state index in [0.717, 1.165) is 12.1 Å². The lowest BCUT2D eigenvalue weighted by Gasteiger charge is -2.13. The van der Waals surface area contributed by atoms with E-state index in [4.69, 9.17) is 9.84 Å². The van der Waals surface area contributed by atoms with Crippen molar-refractivity contribution in [1.29, 1.82) is 0 Å². The second-order valence-corrected chi connectivity index (χ2v) is 5.12. The molecule has 0 saturated carbocycles.